The maximum atomic E-state index is 12.6. The molecule has 0 aliphatic carbocycles. The number of rotatable bonds is 6. The Hall–Kier alpha value is -3.46. The molecule has 9 heteroatoms. The SMILES string of the molecule is Cc1ncc(CO)c2c1Oc1nc(-c3cccc(Cl)c3)nc(SCC(=O)Nc3ccccc3)c1C2. The van der Waals surface area contributed by atoms with Gasteiger partial charge in [-0.3, -0.25) is 9.78 Å². The van der Waals surface area contributed by atoms with Crippen LogP contribution in [-0.2, 0) is 17.8 Å². The maximum absolute atomic E-state index is 12.6. The lowest BCUT2D eigenvalue weighted by Crippen LogP contribution is -2.16. The fourth-order valence-electron chi connectivity index (χ4n) is 3.82. The van der Waals surface area contributed by atoms with Crippen LogP contribution in [0.25, 0.3) is 11.4 Å². The van der Waals surface area contributed by atoms with E-state index in [1.54, 1.807) is 18.3 Å². The Morgan fingerprint density at radius 3 is 2.74 bits per heavy atom. The highest BCUT2D eigenvalue weighted by Crippen LogP contribution is 2.42. The number of hydrogen-bond donors (Lipinski definition) is 2. The molecule has 5 rings (SSSR count). The van der Waals surface area contributed by atoms with Gasteiger partial charge in [0, 0.05) is 40.0 Å². The minimum absolute atomic E-state index is 0.147. The lowest BCUT2D eigenvalue weighted by molar-refractivity contribution is -0.113. The van der Waals surface area contributed by atoms with Gasteiger partial charge in [0.25, 0.3) is 0 Å². The molecular weight excluding hydrogens is 484 g/mol. The molecule has 176 valence electrons. The Balaban J connectivity index is 1.51. The molecule has 0 unspecified atom stereocenters. The second kappa shape index (κ2) is 10.0. The van der Waals surface area contributed by atoms with Crippen molar-refractivity contribution in [2.24, 2.45) is 0 Å². The van der Waals surface area contributed by atoms with Gasteiger partial charge in [-0.05, 0) is 31.2 Å². The van der Waals surface area contributed by atoms with Crippen molar-refractivity contribution in [2.45, 2.75) is 25.0 Å². The fourth-order valence-corrected chi connectivity index (χ4v) is 4.84. The van der Waals surface area contributed by atoms with Crippen molar-refractivity contribution in [1.29, 1.82) is 0 Å². The molecule has 35 heavy (non-hydrogen) atoms. The molecule has 0 bridgehead atoms. The summed E-state index contributed by atoms with van der Waals surface area (Å²) in [7, 11) is 0. The summed E-state index contributed by atoms with van der Waals surface area (Å²) < 4.78 is 6.21. The molecule has 4 aromatic rings. The summed E-state index contributed by atoms with van der Waals surface area (Å²) in [6.45, 7) is 1.70. The monoisotopic (exact) mass is 504 g/mol. The number of aliphatic hydroxyl groups is 1. The van der Waals surface area contributed by atoms with Crippen LogP contribution >= 0.6 is 23.4 Å². The summed E-state index contributed by atoms with van der Waals surface area (Å²) in [6.07, 6.45) is 2.12. The number of para-hydroxylation sites is 1. The first-order chi connectivity index (χ1) is 17.0. The van der Waals surface area contributed by atoms with Gasteiger partial charge in [0.05, 0.1) is 23.6 Å². The molecule has 7 nitrogen and oxygen atoms in total. The van der Waals surface area contributed by atoms with E-state index in [1.807, 2.05) is 49.4 Å². The maximum Gasteiger partial charge on any atom is 0.234 e. The molecule has 0 saturated carbocycles. The first-order valence-electron chi connectivity index (χ1n) is 10.9. The number of anilines is 1. The van der Waals surface area contributed by atoms with Gasteiger partial charge in [0.1, 0.15) is 5.03 Å². The molecule has 2 aromatic heterocycles. The van der Waals surface area contributed by atoms with Crippen LogP contribution in [0.1, 0.15) is 22.4 Å². The van der Waals surface area contributed by atoms with E-state index in [0.29, 0.717) is 45.2 Å². The number of fused-ring (bicyclic) bond motifs is 2. The molecule has 1 amide bonds. The second-order valence-corrected chi connectivity index (χ2v) is 9.36. The average Bonchev–Trinajstić information content (AvgIpc) is 2.87. The third-order valence-corrected chi connectivity index (χ3v) is 6.79. The van der Waals surface area contributed by atoms with Gasteiger partial charge in [0.15, 0.2) is 11.6 Å². The summed E-state index contributed by atoms with van der Waals surface area (Å²) in [5.74, 6) is 1.46. The van der Waals surface area contributed by atoms with Gasteiger partial charge in [-0.2, -0.15) is 4.98 Å². The highest BCUT2D eigenvalue weighted by molar-refractivity contribution is 8.00. The number of nitrogens with one attached hydrogen (secondary N) is 1. The van der Waals surface area contributed by atoms with Gasteiger partial charge in [-0.1, -0.05) is 53.7 Å². The lowest BCUT2D eigenvalue weighted by Gasteiger charge is -2.24. The summed E-state index contributed by atoms with van der Waals surface area (Å²) in [6, 6.07) is 16.6. The number of aliphatic hydroxyl groups excluding tert-OH is 1. The van der Waals surface area contributed by atoms with Crippen LogP contribution < -0.4 is 10.1 Å². The van der Waals surface area contributed by atoms with E-state index in [4.69, 9.17) is 21.3 Å². The zero-order valence-corrected chi connectivity index (χ0v) is 20.4. The molecule has 0 radical (unpaired) electrons. The second-order valence-electron chi connectivity index (χ2n) is 7.96. The molecule has 0 atom stereocenters. The van der Waals surface area contributed by atoms with Crippen LogP contribution in [0, 0.1) is 6.92 Å². The summed E-state index contributed by atoms with van der Waals surface area (Å²) in [4.78, 5) is 26.4. The van der Waals surface area contributed by atoms with Crippen LogP contribution in [0.4, 0.5) is 5.69 Å². The number of pyridine rings is 1. The Bertz CT molecular complexity index is 1420. The first-order valence-corrected chi connectivity index (χ1v) is 12.3. The molecule has 0 spiro atoms. The molecule has 3 heterocycles. The number of aromatic nitrogens is 3. The van der Waals surface area contributed by atoms with E-state index in [2.05, 4.69) is 15.3 Å². The van der Waals surface area contributed by atoms with Crippen LogP contribution in [-0.4, -0.2) is 31.7 Å². The number of aryl methyl sites for hydroxylation is 1. The van der Waals surface area contributed by atoms with Crippen molar-refractivity contribution < 1.29 is 14.6 Å². The number of amides is 1. The Morgan fingerprint density at radius 1 is 1.14 bits per heavy atom. The number of ether oxygens (including phenoxy) is 1. The molecule has 1 aliphatic heterocycles. The number of thioether (sulfide) groups is 1. The largest absolute Gasteiger partial charge is 0.436 e. The number of carbonyl (C=O) groups is 1. The van der Waals surface area contributed by atoms with Crippen molar-refractivity contribution in [3.63, 3.8) is 0 Å². The summed E-state index contributed by atoms with van der Waals surface area (Å²) in [5, 5.41) is 13.9. The normalized spacial score (nSPS) is 11.9. The minimum atomic E-state index is -0.155. The van der Waals surface area contributed by atoms with Gasteiger partial charge in [-0.15, -0.1) is 0 Å². The van der Waals surface area contributed by atoms with Gasteiger partial charge >= 0.3 is 0 Å². The van der Waals surface area contributed by atoms with Crippen LogP contribution in [0.2, 0.25) is 5.02 Å². The first kappa shape index (κ1) is 23.3. The molecule has 0 saturated heterocycles. The third kappa shape index (κ3) is 5.00. The van der Waals surface area contributed by atoms with Crippen LogP contribution in [0.3, 0.4) is 0 Å². The fraction of sp³-hybridized carbons (Fsp3) is 0.154. The quantitative estimate of drug-likeness (QED) is 0.235. The molecule has 2 N–H and O–H groups in total. The van der Waals surface area contributed by atoms with E-state index in [1.165, 1.54) is 11.8 Å². The highest BCUT2D eigenvalue weighted by Gasteiger charge is 2.28. The van der Waals surface area contributed by atoms with Crippen LogP contribution in [0.15, 0.2) is 65.8 Å². The van der Waals surface area contributed by atoms with Crippen LogP contribution in [0.5, 0.6) is 11.6 Å². The zero-order valence-electron chi connectivity index (χ0n) is 18.8. The number of hydrogen-bond acceptors (Lipinski definition) is 7. The predicted octanol–water partition coefficient (Wildman–Crippen LogP) is 5.42. The van der Waals surface area contributed by atoms with E-state index < -0.39 is 0 Å². The smallest absolute Gasteiger partial charge is 0.234 e. The molecule has 1 aliphatic rings. The Morgan fingerprint density at radius 2 is 1.97 bits per heavy atom. The van der Waals surface area contributed by atoms with E-state index >= 15 is 0 Å². The summed E-state index contributed by atoms with van der Waals surface area (Å²) >= 11 is 7.52. The van der Waals surface area contributed by atoms with Gasteiger partial charge in [0.2, 0.25) is 11.8 Å². The van der Waals surface area contributed by atoms with E-state index in [-0.39, 0.29) is 18.3 Å². The Labute approximate surface area is 211 Å². The standard InChI is InChI=1S/C26H21ClN4O3S/c1-15-23-20(17(13-32)12-28-15)11-21-25(34-23)30-24(16-6-5-7-18(27)10-16)31-26(21)35-14-22(33)29-19-8-3-2-4-9-19/h2-10,12,32H,11,13-14H2,1H3,(H,29,33). The highest BCUT2D eigenvalue weighted by atomic mass is 35.5. The minimum Gasteiger partial charge on any atom is -0.436 e. The molecular formula is C26H21ClN4O3S. The van der Waals surface area contributed by atoms with Crippen molar-refractivity contribution in [2.75, 3.05) is 11.1 Å². The lowest BCUT2D eigenvalue weighted by atomic mass is 9.99. The molecule has 2 aromatic carbocycles. The van der Waals surface area contributed by atoms with Crippen molar-refractivity contribution in [1.82, 2.24) is 15.0 Å². The number of halogens is 1. The van der Waals surface area contributed by atoms with Crippen molar-refractivity contribution >= 4 is 35.0 Å². The molecule has 0 fully saturated rings. The van der Waals surface area contributed by atoms with Gasteiger partial charge in [-0.25, -0.2) is 4.98 Å². The predicted molar refractivity (Wildman–Crippen MR) is 136 cm³/mol. The summed E-state index contributed by atoms with van der Waals surface area (Å²) in [5.41, 5.74) is 4.48. The Kier molecular flexibility index (Phi) is 6.68. The third-order valence-electron chi connectivity index (χ3n) is 5.54. The van der Waals surface area contributed by atoms with E-state index in [9.17, 15) is 9.90 Å². The number of carbonyl (C=O) groups excluding carboxylic acids is 1. The van der Waals surface area contributed by atoms with Crippen molar-refractivity contribution in [3.05, 3.63) is 88.2 Å². The zero-order chi connectivity index (χ0) is 24.4. The number of nitrogens with zero attached hydrogens (tertiary/aromatic N) is 3. The van der Waals surface area contributed by atoms with Gasteiger partial charge < -0.3 is 15.2 Å². The topological polar surface area (TPSA) is 97.2 Å². The van der Waals surface area contributed by atoms with Crippen molar-refractivity contribution in [3.8, 4) is 23.0 Å². The number of benzene rings is 2. The van der Waals surface area contributed by atoms with E-state index in [0.717, 1.165) is 22.4 Å². The average molecular weight is 505 g/mol.